The maximum absolute atomic E-state index is 13.2. The van der Waals surface area contributed by atoms with Crippen molar-refractivity contribution in [2.24, 2.45) is 0 Å². The standard InChI is InChI=1S/C20H18N4O2S/c21-11-14-6-2-3-7-15(14)12-24-19(26)18-17(10-16(13-25)27-18)22-20(24)23-8-4-1-5-9-23/h2-3,6-7,10,13H,1,4-5,8-9,12H2. The third kappa shape index (κ3) is 3.24. The largest absolute Gasteiger partial charge is 0.342 e. The van der Waals surface area contributed by atoms with Crippen LogP contribution in [0.15, 0.2) is 35.1 Å². The van der Waals surface area contributed by atoms with E-state index in [1.54, 1.807) is 16.7 Å². The number of anilines is 1. The van der Waals surface area contributed by atoms with Gasteiger partial charge in [-0.2, -0.15) is 5.26 Å². The fourth-order valence-electron chi connectivity index (χ4n) is 3.49. The number of carbonyl (C=O) groups excluding carboxylic acids is 1. The summed E-state index contributed by atoms with van der Waals surface area (Å²) in [5, 5.41) is 9.39. The van der Waals surface area contributed by atoms with Crippen molar-refractivity contribution in [3.05, 3.63) is 56.7 Å². The summed E-state index contributed by atoms with van der Waals surface area (Å²) in [6.07, 6.45) is 4.05. The first kappa shape index (κ1) is 17.4. The Morgan fingerprint density at radius 2 is 2.00 bits per heavy atom. The first-order valence-electron chi connectivity index (χ1n) is 8.94. The zero-order valence-electron chi connectivity index (χ0n) is 14.7. The minimum absolute atomic E-state index is 0.161. The molecule has 0 saturated carbocycles. The molecule has 1 saturated heterocycles. The number of hydrogen-bond donors (Lipinski definition) is 0. The van der Waals surface area contributed by atoms with E-state index < -0.39 is 0 Å². The molecule has 0 spiro atoms. The van der Waals surface area contributed by atoms with E-state index in [1.807, 2.05) is 18.2 Å². The van der Waals surface area contributed by atoms with Crippen LogP contribution >= 0.6 is 11.3 Å². The van der Waals surface area contributed by atoms with Crippen molar-refractivity contribution < 1.29 is 4.79 Å². The van der Waals surface area contributed by atoms with Gasteiger partial charge in [0.1, 0.15) is 4.70 Å². The third-order valence-electron chi connectivity index (χ3n) is 4.85. The lowest BCUT2D eigenvalue weighted by Gasteiger charge is -2.29. The molecule has 1 aromatic carbocycles. The molecule has 0 amide bonds. The Bertz CT molecular complexity index is 1100. The van der Waals surface area contributed by atoms with Gasteiger partial charge in [-0.25, -0.2) is 4.98 Å². The fourth-order valence-corrected chi connectivity index (χ4v) is 4.35. The van der Waals surface area contributed by atoms with E-state index in [2.05, 4.69) is 11.0 Å². The smallest absolute Gasteiger partial charge is 0.273 e. The Kier molecular flexibility index (Phi) is 4.73. The normalized spacial score (nSPS) is 14.3. The summed E-state index contributed by atoms with van der Waals surface area (Å²) >= 11 is 1.17. The van der Waals surface area contributed by atoms with Crippen molar-refractivity contribution in [3.8, 4) is 6.07 Å². The predicted molar refractivity (Wildman–Crippen MR) is 106 cm³/mol. The van der Waals surface area contributed by atoms with Gasteiger partial charge in [-0.05, 0) is 37.0 Å². The second kappa shape index (κ2) is 7.33. The number of aldehydes is 1. The van der Waals surface area contributed by atoms with Crippen molar-refractivity contribution in [1.82, 2.24) is 9.55 Å². The number of nitriles is 1. The zero-order chi connectivity index (χ0) is 18.8. The molecule has 0 bridgehead atoms. The highest BCUT2D eigenvalue weighted by atomic mass is 32.1. The van der Waals surface area contributed by atoms with E-state index in [-0.39, 0.29) is 12.1 Å². The molecule has 1 aliphatic heterocycles. The molecule has 7 heteroatoms. The van der Waals surface area contributed by atoms with Gasteiger partial charge in [0.05, 0.1) is 28.6 Å². The first-order valence-corrected chi connectivity index (χ1v) is 9.75. The zero-order valence-corrected chi connectivity index (χ0v) is 15.5. The molecular formula is C20H18N4O2S. The van der Waals surface area contributed by atoms with Gasteiger partial charge in [0.25, 0.3) is 5.56 Å². The van der Waals surface area contributed by atoms with Crippen LogP contribution in [0.5, 0.6) is 0 Å². The second-order valence-electron chi connectivity index (χ2n) is 6.60. The van der Waals surface area contributed by atoms with Gasteiger partial charge < -0.3 is 4.90 Å². The molecule has 0 atom stereocenters. The monoisotopic (exact) mass is 378 g/mol. The predicted octanol–water partition coefficient (Wildman–Crippen LogP) is 3.18. The number of fused-ring (bicyclic) bond motifs is 1. The van der Waals surface area contributed by atoms with Crippen molar-refractivity contribution in [1.29, 1.82) is 5.26 Å². The van der Waals surface area contributed by atoms with Gasteiger partial charge in [0.15, 0.2) is 6.29 Å². The number of hydrogen-bond acceptors (Lipinski definition) is 6. The van der Waals surface area contributed by atoms with Gasteiger partial charge in [-0.3, -0.25) is 14.2 Å². The van der Waals surface area contributed by atoms with Gasteiger partial charge in [0.2, 0.25) is 5.95 Å². The van der Waals surface area contributed by atoms with Gasteiger partial charge in [0, 0.05) is 13.1 Å². The Balaban J connectivity index is 1.90. The molecule has 6 nitrogen and oxygen atoms in total. The quantitative estimate of drug-likeness (QED) is 0.652. The molecule has 3 aromatic rings. The maximum Gasteiger partial charge on any atom is 0.273 e. The fraction of sp³-hybridized carbons (Fsp3) is 0.300. The molecule has 3 heterocycles. The Hall–Kier alpha value is -2.98. The van der Waals surface area contributed by atoms with Gasteiger partial charge >= 0.3 is 0 Å². The van der Waals surface area contributed by atoms with E-state index in [1.165, 1.54) is 17.8 Å². The molecule has 136 valence electrons. The molecule has 0 radical (unpaired) electrons. The summed E-state index contributed by atoms with van der Waals surface area (Å²) in [4.78, 5) is 31.8. The highest BCUT2D eigenvalue weighted by molar-refractivity contribution is 7.20. The van der Waals surface area contributed by atoms with E-state index in [4.69, 9.17) is 4.98 Å². The number of thiophene rings is 1. The topological polar surface area (TPSA) is 79.0 Å². The van der Waals surface area contributed by atoms with Crippen molar-refractivity contribution in [2.45, 2.75) is 25.8 Å². The number of nitrogens with zero attached hydrogens (tertiary/aromatic N) is 4. The van der Waals surface area contributed by atoms with Crippen molar-refractivity contribution in [3.63, 3.8) is 0 Å². The number of aromatic nitrogens is 2. The molecule has 27 heavy (non-hydrogen) atoms. The second-order valence-corrected chi connectivity index (χ2v) is 7.68. The number of benzene rings is 1. The molecule has 1 aliphatic rings. The molecule has 4 rings (SSSR count). The SMILES string of the molecule is N#Cc1ccccc1Cn1c(N2CCCCC2)nc2cc(C=O)sc2c1=O. The van der Waals surface area contributed by atoms with Crippen LogP contribution in [0.2, 0.25) is 0 Å². The highest BCUT2D eigenvalue weighted by Crippen LogP contribution is 2.25. The molecule has 2 aromatic heterocycles. The van der Waals surface area contributed by atoms with Crippen LogP contribution in [-0.2, 0) is 6.54 Å². The average Bonchev–Trinajstić information content (AvgIpc) is 3.14. The van der Waals surface area contributed by atoms with Crippen LogP contribution in [0.1, 0.15) is 40.1 Å². The van der Waals surface area contributed by atoms with Gasteiger partial charge in [-0.15, -0.1) is 11.3 Å². The van der Waals surface area contributed by atoms with Crippen LogP contribution in [0.4, 0.5) is 5.95 Å². The lowest BCUT2D eigenvalue weighted by Crippen LogP contribution is -2.36. The van der Waals surface area contributed by atoms with E-state index >= 15 is 0 Å². The Morgan fingerprint density at radius 3 is 2.74 bits per heavy atom. The van der Waals surface area contributed by atoms with Crippen LogP contribution in [0, 0.1) is 11.3 Å². The lowest BCUT2D eigenvalue weighted by molar-refractivity contribution is 0.112. The summed E-state index contributed by atoms with van der Waals surface area (Å²) in [5.74, 6) is 0.621. The van der Waals surface area contributed by atoms with E-state index in [0.717, 1.165) is 37.8 Å². The average molecular weight is 378 g/mol. The summed E-state index contributed by atoms with van der Waals surface area (Å²) in [6.45, 7) is 1.98. The van der Waals surface area contributed by atoms with Crippen LogP contribution in [0.25, 0.3) is 10.2 Å². The number of piperidine rings is 1. The van der Waals surface area contributed by atoms with Crippen molar-refractivity contribution >= 4 is 33.8 Å². The molecule has 0 N–H and O–H groups in total. The highest BCUT2D eigenvalue weighted by Gasteiger charge is 2.21. The van der Waals surface area contributed by atoms with Crippen LogP contribution < -0.4 is 10.5 Å². The maximum atomic E-state index is 13.2. The van der Waals surface area contributed by atoms with Crippen LogP contribution in [-0.4, -0.2) is 28.9 Å². The third-order valence-corrected chi connectivity index (χ3v) is 5.89. The molecule has 0 aliphatic carbocycles. The summed E-state index contributed by atoms with van der Waals surface area (Å²) < 4.78 is 2.13. The number of carbonyl (C=O) groups is 1. The van der Waals surface area contributed by atoms with Crippen molar-refractivity contribution in [2.75, 3.05) is 18.0 Å². The minimum atomic E-state index is -0.161. The minimum Gasteiger partial charge on any atom is -0.342 e. The first-order chi connectivity index (χ1) is 13.2. The number of rotatable bonds is 4. The Morgan fingerprint density at radius 1 is 1.22 bits per heavy atom. The van der Waals surface area contributed by atoms with Gasteiger partial charge in [-0.1, -0.05) is 18.2 Å². The molecular weight excluding hydrogens is 360 g/mol. The molecule has 1 fully saturated rings. The van der Waals surface area contributed by atoms with Crippen LogP contribution in [0.3, 0.4) is 0 Å². The Labute approximate surface area is 160 Å². The molecule has 0 unspecified atom stereocenters. The summed E-state index contributed by atoms with van der Waals surface area (Å²) in [5.41, 5.74) is 1.74. The summed E-state index contributed by atoms with van der Waals surface area (Å²) in [7, 11) is 0. The summed E-state index contributed by atoms with van der Waals surface area (Å²) in [6, 6.07) is 11.2. The van der Waals surface area contributed by atoms with E-state index in [9.17, 15) is 14.9 Å². The van der Waals surface area contributed by atoms with E-state index in [0.29, 0.717) is 26.6 Å². The lowest BCUT2D eigenvalue weighted by atomic mass is 10.1.